The molecule has 0 fully saturated rings. The van der Waals surface area contributed by atoms with Crippen molar-refractivity contribution in [3.05, 3.63) is 24.5 Å². The molecule has 0 bridgehead atoms. The third kappa shape index (κ3) is 3.40. The normalized spacial score (nSPS) is 13.0. The second kappa shape index (κ2) is 7.29. The number of benzene rings is 1. The zero-order valence-corrected chi connectivity index (χ0v) is 13.1. The first-order valence-electron chi connectivity index (χ1n) is 8.16. The summed E-state index contributed by atoms with van der Waals surface area (Å²) in [6.45, 7) is 4.39. The summed E-state index contributed by atoms with van der Waals surface area (Å²) in [5, 5.41) is 8.20. The summed E-state index contributed by atoms with van der Waals surface area (Å²) >= 11 is 0. The van der Waals surface area contributed by atoms with Gasteiger partial charge in [-0.1, -0.05) is 32.6 Å². The minimum absolute atomic E-state index is 0.635. The van der Waals surface area contributed by atoms with Crippen LogP contribution < -0.4 is 9.47 Å². The van der Waals surface area contributed by atoms with E-state index in [-0.39, 0.29) is 0 Å². The number of unbranched alkanes of at least 4 members (excludes halogenated alkanes) is 4. The Balaban J connectivity index is 1.64. The van der Waals surface area contributed by atoms with E-state index >= 15 is 0 Å². The van der Waals surface area contributed by atoms with Gasteiger partial charge in [-0.3, -0.25) is 0 Å². The molecular formula is C17H23N3O2. The Hall–Kier alpha value is -2.04. The average molecular weight is 301 g/mol. The summed E-state index contributed by atoms with van der Waals surface area (Å²) in [5.41, 5.74) is 0.957. The topological polar surface area (TPSA) is 49.2 Å². The van der Waals surface area contributed by atoms with E-state index in [0.717, 1.165) is 42.5 Å². The van der Waals surface area contributed by atoms with Crippen molar-refractivity contribution in [2.45, 2.75) is 45.6 Å². The van der Waals surface area contributed by atoms with Crippen LogP contribution in [0, 0.1) is 0 Å². The Bertz CT molecular complexity index is 610. The molecule has 0 spiro atoms. The van der Waals surface area contributed by atoms with Crippen LogP contribution in [0.4, 0.5) is 0 Å². The van der Waals surface area contributed by atoms with Gasteiger partial charge in [0, 0.05) is 0 Å². The van der Waals surface area contributed by atoms with Crippen LogP contribution >= 0.6 is 0 Å². The van der Waals surface area contributed by atoms with E-state index in [1.807, 2.05) is 22.8 Å². The van der Waals surface area contributed by atoms with Gasteiger partial charge < -0.3 is 14.0 Å². The quantitative estimate of drug-likeness (QED) is 0.732. The SMILES string of the molecule is CCCCCCCOc1ccc2c(c1)-c1nncn1CCO2. The molecule has 22 heavy (non-hydrogen) atoms. The molecule has 1 aromatic carbocycles. The summed E-state index contributed by atoms with van der Waals surface area (Å²) in [7, 11) is 0. The fourth-order valence-electron chi connectivity index (χ4n) is 2.68. The first kappa shape index (κ1) is 14.9. The molecule has 3 rings (SSSR count). The smallest absolute Gasteiger partial charge is 0.167 e. The molecular weight excluding hydrogens is 278 g/mol. The zero-order chi connectivity index (χ0) is 15.2. The lowest BCUT2D eigenvalue weighted by molar-refractivity contribution is 0.298. The average Bonchev–Trinajstić information content (AvgIpc) is 2.93. The summed E-state index contributed by atoms with van der Waals surface area (Å²) < 4.78 is 13.7. The fraction of sp³-hybridized carbons (Fsp3) is 0.529. The van der Waals surface area contributed by atoms with E-state index in [1.165, 1.54) is 25.7 Å². The molecule has 5 nitrogen and oxygen atoms in total. The standard InChI is InChI=1S/C17H23N3O2/c1-2-3-4-5-6-10-21-14-7-8-16-15(12-14)17-19-18-13-20(17)9-11-22-16/h7-8,12-13H,2-6,9-11H2,1H3. The monoisotopic (exact) mass is 301 g/mol. The molecule has 0 N–H and O–H groups in total. The van der Waals surface area contributed by atoms with E-state index in [9.17, 15) is 0 Å². The number of nitrogens with zero attached hydrogens (tertiary/aromatic N) is 3. The van der Waals surface area contributed by atoms with E-state index in [2.05, 4.69) is 17.1 Å². The second-order valence-electron chi connectivity index (χ2n) is 5.62. The number of aromatic nitrogens is 3. The third-order valence-corrected chi connectivity index (χ3v) is 3.91. The van der Waals surface area contributed by atoms with Gasteiger partial charge >= 0.3 is 0 Å². The van der Waals surface area contributed by atoms with Gasteiger partial charge in [0.25, 0.3) is 0 Å². The predicted molar refractivity (Wildman–Crippen MR) is 85.2 cm³/mol. The molecule has 1 aliphatic rings. The van der Waals surface area contributed by atoms with Crippen molar-refractivity contribution in [1.82, 2.24) is 14.8 Å². The molecule has 118 valence electrons. The van der Waals surface area contributed by atoms with Crippen molar-refractivity contribution >= 4 is 0 Å². The summed E-state index contributed by atoms with van der Waals surface area (Å²) in [4.78, 5) is 0. The van der Waals surface area contributed by atoms with Crippen LogP contribution in [0.15, 0.2) is 24.5 Å². The van der Waals surface area contributed by atoms with Gasteiger partial charge in [-0.05, 0) is 24.6 Å². The van der Waals surface area contributed by atoms with Crippen molar-refractivity contribution in [3.63, 3.8) is 0 Å². The van der Waals surface area contributed by atoms with Crippen molar-refractivity contribution in [2.24, 2.45) is 0 Å². The minimum atomic E-state index is 0.635. The highest BCUT2D eigenvalue weighted by Gasteiger charge is 2.17. The number of hydrogen-bond acceptors (Lipinski definition) is 4. The van der Waals surface area contributed by atoms with Crippen molar-refractivity contribution in [2.75, 3.05) is 13.2 Å². The third-order valence-electron chi connectivity index (χ3n) is 3.91. The van der Waals surface area contributed by atoms with Crippen LogP contribution in [0.1, 0.15) is 39.0 Å². The predicted octanol–water partition coefficient (Wildman–Crippen LogP) is 3.69. The van der Waals surface area contributed by atoms with Crippen LogP contribution in [0.5, 0.6) is 11.5 Å². The van der Waals surface area contributed by atoms with Gasteiger partial charge in [0.05, 0.1) is 18.7 Å². The Labute approximate surface area is 131 Å². The van der Waals surface area contributed by atoms with Gasteiger partial charge in [-0.2, -0.15) is 0 Å². The maximum absolute atomic E-state index is 5.87. The maximum Gasteiger partial charge on any atom is 0.167 e. The Morgan fingerprint density at radius 2 is 2.14 bits per heavy atom. The summed E-state index contributed by atoms with van der Waals surface area (Å²) in [5.74, 6) is 2.57. The van der Waals surface area contributed by atoms with Crippen LogP contribution in [0.2, 0.25) is 0 Å². The van der Waals surface area contributed by atoms with Gasteiger partial charge in [0.1, 0.15) is 24.4 Å². The molecule has 5 heteroatoms. The highest BCUT2D eigenvalue weighted by Crippen LogP contribution is 2.34. The van der Waals surface area contributed by atoms with E-state index in [4.69, 9.17) is 9.47 Å². The largest absolute Gasteiger partial charge is 0.494 e. The van der Waals surface area contributed by atoms with Gasteiger partial charge in [0.2, 0.25) is 0 Å². The second-order valence-corrected chi connectivity index (χ2v) is 5.62. The van der Waals surface area contributed by atoms with Gasteiger partial charge in [-0.15, -0.1) is 10.2 Å². The highest BCUT2D eigenvalue weighted by atomic mass is 16.5. The molecule has 2 aromatic rings. The fourth-order valence-corrected chi connectivity index (χ4v) is 2.68. The minimum Gasteiger partial charge on any atom is -0.494 e. The van der Waals surface area contributed by atoms with Crippen molar-refractivity contribution in [3.8, 4) is 22.9 Å². The molecule has 0 saturated heterocycles. The van der Waals surface area contributed by atoms with E-state index < -0.39 is 0 Å². The molecule has 1 aliphatic heterocycles. The van der Waals surface area contributed by atoms with Gasteiger partial charge in [0.15, 0.2) is 5.82 Å². The Morgan fingerprint density at radius 1 is 1.23 bits per heavy atom. The molecule has 0 amide bonds. The lowest BCUT2D eigenvalue weighted by atomic mass is 10.1. The highest BCUT2D eigenvalue weighted by molar-refractivity contribution is 5.66. The van der Waals surface area contributed by atoms with Crippen molar-refractivity contribution in [1.29, 1.82) is 0 Å². The Kier molecular flexibility index (Phi) is 4.93. The lowest BCUT2D eigenvalue weighted by Crippen LogP contribution is -2.04. The van der Waals surface area contributed by atoms with Crippen LogP contribution in [-0.2, 0) is 6.54 Å². The zero-order valence-electron chi connectivity index (χ0n) is 13.1. The lowest BCUT2D eigenvalue weighted by Gasteiger charge is -2.10. The maximum atomic E-state index is 5.87. The van der Waals surface area contributed by atoms with Crippen molar-refractivity contribution < 1.29 is 9.47 Å². The summed E-state index contributed by atoms with van der Waals surface area (Å²) in [6, 6.07) is 5.94. The van der Waals surface area contributed by atoms with Crippen LogP contribution in [0.3, 0.4) is 0 Å². The van der Waals surface area contributed by atoms with Crippen LogP contribution in [-0.4, -0.2) is 28.0 Å². The molecule has 0 unspecified atom stereocenters. The van der Waals surface area contributed by atoms with E-state index in [0.29, 0.717) is 6.61 Å². The molecule has 2 heterocycles. The Morgan fingerprint density at radius 3 is 3.05 bits per heavy atom. The summed E-state index contributed by atoms with van der Waals surface area (Å²) in [6.07, 6.45) is 7.95. The number of ether oxygens (including phenoxy) is 2. The molecule has 0 radical (unpaired) electrons. The first-order valence-corrected chi connectivity index (χ1v) is 8.16. The first-order chi connectivity index (χ1) is 10.9. The van der Waals surface area contributed by atoms with Crippen LogP contribution in [0.25, 0.3) is 11.4 Å². The number of hydrogen-bond donors (Lipinski definition) is 0. The molecule has 0 saturated carbocycles. The molecule has 0 atom stereocenters. The van der Waals surface area contributed by atoms with Gasteiger partial charge in [-0.25, -0.2) is 0 Å². The number of fused-ring (bicyclic) bond motifs is 3. The van der Waals surface area contributed by atoms with E-state index in [1.54, 1.807) is 6.33 Å². The number of rotatable bonds is 7. The molecule has 1 aromatic heterocycles. The molecule has 0 aliphatic carbocycles.